The van der Waals surface area contributed by atoms with Gasteiger partial charge in [0.25, 0.3) is 0 Å². The lowest BCUT2D eigenvalue weighted by molar-refractivity contribution is 0.0472. The van der Waals surface area contributed by atoms with E-state index in [1.54, 1.807) is 43.3 Å². The van der Waals surface area contributed by atoms with E-state index in [-0.39, 0.29) is 18.3 Å². The highest BCUT2D eigenvalue weighted by atomic mass is 16.5. The average Bonchev–Trinajstić information content (AvgIpc) is 2.48. The van der Waals surface area contributed by atoms with Gasteiger partial charge in [-0.05, 0) is 42.3 Å². The van der Waals surface area contributed by atoms with Gasteiger partial charge in [-0.25, -0.2) is 4.79 Å². The van der Waals surface area contributed by atoms with E-state index in [4.69, 9.17) is 9.47 Å². The second-order valence-electron chi connectivity index (χ2n) is 4.41. The van der Waals surface area contributed by atoms with Crippen LogP contribution in [0.5, 0.6) is 11.5 Å². The van der Waals surface area contributed by atoms with Gasteiger partial charge in [-0.3, -0.25) is 0 Å². The summed E-state index contributed by atoms with van der Waals surface area (Å²) in [7, 11) is 1.48. The first-order valence-corrected chi connectivity index (χ1v) is 6.20. The molecule has 0 aliphatic heterocycles. The summed E-state index contributed by atoms with van der Waals surface area (Å²) in [5.41, 5.74) is 1.95. The van der Waals surface area contributed by atoms with Crippen LogP contribution in [-0.2, 0) is 11.3 Å². The standard InChI is InChI=1S/C16H16O4/c1-11-8-12(9-14(19-2)15(11)17)10-20-16(18)13-6-4-3-5-7-13/h3-9,17H,10H2,1-2H3. The first-order valence-electron chi connectivity index (χ1n) is 6.20. The summed E-state index contributed by atoms with van der Waals surface area (Å²) >= 11 is 0. The molecule has 0 bridgehead atoms. The van der Waals surface area contributed by atoms with Crippen molar-refractivity contribution in [3.63, 3.8) is 0 Å². The summed E-state index contributed by atoms with van der Waals surface area (Å²) < 4.78 is 10.3. The second-order valence-corrected chi connectivity index (χ2v) is 4.41. The largest absolute Gasteiger partial charge is 0.504 e. The van der Waals surface area contributed by atoms with Crippen molar-refractivity contribution in [3.8, 4) is 11.5 Å². The van der Waals surface area contributed by atoms with Crippen LogP contribution in [0.2, 0.25) is 0 Å². The topological polar surface area (TPSA) is 55.8 Å². The highest BCUT2D eigenvalue weighted by Crippen LogP contribution is 2.31. The van der Waals surface area contributed by atoms with Crippen LogP contribution >= 0.6 is 0 Å². The zero-order valence-corrected chi connectivity index (χ0v) is 11.4. The molecule has 0 radical (unpaired) electrons. The predicted molar refractivity (Wildman–Crippen MR) is 75.0 cm³/mol. The number of rotatable bonds is 4. The number of hydrogen-bond donors (Lipinski definition) is 1. The van der Waals surface area contributed by atoms with Gasteiger partial charge in [-0.2, -0.15) is 0 Å². The number of aryl methyl sites for hydroxylation is 1. The van der Waals surface area contributed by atoms with Gasteiger partial charge < -0.3 is 14.6 Å². The first-order chi connectivity index (χ1) is 9.61. The van der Waals surface area contributed by atoms with Crippen LogP contribution in [0.1, 0.15) is 21.5 Å². The zero-order chi connectivity index (χ0) is 14.5. The predicted octanol–water partition coefficient (Wildman–Crippen LogP) is 3.07. The third kappa shape index (κ3) is 3.09. The number of benzene rings is 2. The lowest BCUT2D eigenvalue weighted by atomic mass is 10.1. The maximum atomic E-state index is 11.8. The lowest BCUT2D eigenvalue weighted by Gasteiger charge is -2.10. The minimum Gasteiger partial charge on any atom is -0.504 e. The molecule has 0 unspecified atom stereocenters. The minimum atomic E-state index is -0.379. The van der Waals surface area contributed by atoms with Crippen LogP contribution in [0.3, 0.4) is 0 Å². The fraction of sp³-hybridized carbons (Fsp3) is 0.188. The first kappa shape index (κ1) is 13.9. The fourth-order valence-electron chi connectivity index (χ4n) is 1.86. The maximum Gasteiger partial charge on any atom is 0.338 e. The SMILES string of the molecule is COc1cc(COC(=O)c2ccccc2)cc(C)c1O. The summed E-state index contributed by atoms with van der Waals surface area (Å²) in [6, 6.07) is 12.2. The zero-order valence-electron chi connectivity index (χ0n) is 11.4. The van der Waals surface area contributed by atoms with E-state index in [1.807, 2.05) is 6.07 Å². The van der Waals surface area contributed by atoms with E-state index in [9.17, 15) is 9.90 Å². The Hall–Kier alpha value is -2.49. The summed E-state index contributed by atoms with van der Waals surface area (Å²) in [5.74, 6) is 0.0942. The Balaban J connectivity index is 2.08. The molecular weight excluding hydrogens is 256 g/mol. The Bertz CT molecular complexity index is 605. The number of esters is 1. The van der Waals surface area contributed by atoms with Crippen molar-refractivity contribution in [1.29, 1.82) is 0 Å². The minimum absolute atomic E-state index is 0.102. The molecule has 0 atom stereocenters. The average molecular weight is 272 g/mol. The van der Waals surface area contributed by atoms with Crippen molar-refractivity contribution in [1.82, 2.24) is 0 Å². The lowest BCUT2D eigenvalue weighted by Crippen LogP contribution is -2.05. The van der Waals surface area contributed by atoms with Crippen LogP contribution in [0, 0.1) is 6.92 Å². The van der Waals surface area contributed by atoms with Crippen molar-refractivity contribution in [2.75, 3.05) is 7.11 Å². The van der Waals surface area contributed by atoms with E-state index in [0.29, 0.717) is 16.9 Å². The molecule has 20 heavy (non-hydrogen) atoms. The Morgan fingerprint density at radius 3 is 2.55 bits per heavy atom. The molecule has 0 spiro atoms. The van der Waals surface area contributed by atoms with Gasteiger partial charge in [0.2, 0.25) is 0 Å². The molecular formula is C16H16O4. The maximum absolute atomic E-state index is 11.8. The van der Waals surface area contributed by atoms with Gasteiger partial charge >= 0.3 is 5.97 Å². The number of phenolic OH excluding ortho intramolecular Hbond substituents is 1. The molecule has 0 amide bonds. The molecule has 2 aromatic carbocycles. The molecule has 0 saturated heterocycles. The van der Waals surface area contributed by atoms with Gasteiger partial charge in [0.05, 0.1) is 12.7 Å². The molecule has 2 rings (SSSR count). The molecule has 104 valence electrons. The monoisotopic (exact) mass is 272 g/mol. The van der Waals surface area contributed by atoms with Crippen LogP contribution < -0.4 is 4.74 Å². The Morgan fingerprint density at radius 2 is 1.90 bits per heavy atom. The Morgan fingerprint density at radius 1 is 1.20 bits per heavy atom. The summed E-state index contributed by atoms with van der Waals surface area (Å²) in [5, 5.41) is 9.74. The molecule has 1 N–H and O–H groups in total. The van der Waals surface area contributed by atoms with Crippen LogP contribution in [0.15, 0.2) is 42.5 Å². The summed E-state index contributed by atoms with van der Waals surface area (Å²) in [6.45, 7) is 1.89. The van der Waals surface area contributed by atoms with E-state index in [2.05, 4.69) is 0 Å². The van der Waals surface area contributed by atoms with Crippen molar-refractivity contribution in [2.45, 2.75) is 13.5 Å². The molecule has 4 nitrogen and oxygen atoms in total. The highest BCUT2D eigenvalue weighted by Gasteiger charge is 2.10. The molecule has 2 aromatic rings. The van der Waals surface area contributed by atoms with Gasteiger partial charge in [0.1, 0.15) is 6.61 Å². The number of carbonyl (C=O) groups is 1. The fourth-order valence-corrected chi connectivity index (χ4v) is 1.86. The van der Waals surface area contributed by atoms with Crippen LogP contribution in [-0.4, -0.2) is 18.2 Å². The number of phenols is 1. The third-order valence-corrected chi connectivity index (χ3v) is 2.92. The van der Waals surface area contributed by atoms with E-state index in [0.717, 1.165) is 5.56 Å². The summed E-state index contributed by atoms with van der Waals surface area (Å²) in [4.78, 5) is 11.8. The van der Waals surface area contributed by atoms with Crippen LogP contribution in [0.4, 0.5) is 0 Å². The van der Waals surface area contributed by atoms with E-state index < -0.39 is 0 Å². The Labute approximate surface area is 117 Å². The van der Waals surface area contributed by atoms with Crippen molar-refractivity contribution >= 4 is 5.97 Å². The van der Waals surface area contributed by atoms with Gasteiger partial charge in [0.15, 0.2) is 11.5 Å². The van der Waals surface area contributed by atoms with Crippen molar-refractivity contribution in [2.24, 2.45) is 0 Å². The number of aromatic hydroxyl groups is 1. The number of ether oxygens (including phenoxy) is 2. The van der Waals surface area contributed by atoms with E-state index >= 15 is 0 Å². The molecule has 0 heterocycles. The number of carbonyl (C=O) groups excluding carboxylic acids is 1. The third-order valence-electron chi connectivity index (χ3n) is 2.92. The highest BCUT2D eigenvalue weighted by molar-refractivity contribution is 5.89. The molecule has 0 fully saturated rings. The van der Waals surface area contributed by atoms with Gasteiger partial charge in [-0.1, -0.05) is 18.2 Å². The van der Waals surface area contributed by atoms with Crippen LogP contribution in [0.25, 0.3) is 0 Å². The molecule has 0 aliphatic carbocycles. The van der Waals surface area contributed by atoms with E-state index in [1.165, 1.54) is 7.11 Å². The van der Waals surface area contributed by atoms with Crippen molar-refractivity contribution < 1.29 is 19.4 Å². The molecule has 0 saturated carbocycles. The summed E-state index contributed by atoms with van der Waals surface area (Å²) in [6.07, 6.45) is 0. The molecule has 0 aromatic heterocycles. The second kappa shape index (κ2) is 6.10. The van der Waals surface area contributed by atoms with Crippen molar-refractivity contribution in [3.05, 3.63) is 59.2 Å². The smallest absolute Gasteiger partial charge is 0.338 e. The quantitative estimate of drug-likeness (QED) is 0.869. The molecule has 0 aliphatic rings. The molecule has 4 heteroatoms. The number of hydrogen-bond acceptors (Lipinski definition) is 4. The number of methoxy groups -OCH3 is 1. The Kier molecular flexibility index (Phi) is 4.25. The van der Waals surface area contributed by atoms with Gasteiger partial charge in [0, 0.05) is 0 Å². The van der Waals surface area contributed by atoms with Gasteiger partial charge in [-0.15, -0.1) is 0 Å². The normalized spacial score (nSPS) is 10.1.